The first kappa shape index (κ1) is 11.9. The van der Waals surface area contributed by atoms with Gasteiger partial charge in [-0.15, -0.1) is 17.0 Å². The van der Waals surface area contributed by atoms with Gasteiger partial charge in [0, 0.05) is 18.0 Å². The van der Waals surface area contributed by atoms with Crippen molar-refractivity contribution in [1.29, 1.82) is 0 Å². The fraction of sp³-hybridized carbons (Fsp3) is 0.0714. The fourth-order valence-electron chi connectivity index (χ4n) is 1.83. The Labute approximate surface area is 111 Å². The molecule has 0 saturated carbocycles. The predicted octanol–water partition coefficient (Wildman–Crippen LogP) is 3.89. The molecule has 2 heterocycles. The summed E-state index contributed by atoms with van der Waals surface area (Å²) < 4.78 is 2.05. The Morgan fingerprint density at radius 2 is 1.82 bits per heavy atom. The molecular formula is C14H13BrN2. The van der Waals surface area contributed by atoms with Crippen LogP contribution in [0.5, 0.6) is 0 Å². The zero-order chi connectivity index (χ0) is 11.0. The van der Waals surface area contributed by atoms with Crippen molar-refractivity contribution in [3.8, 4) is 11.3 Å². The molecule has 3 aromatic rings. The van der Waals surface area contributed by atoms with Crippen LogP contribution in [0.15, 0.2) is 54.9 Å². The van der Waals surface area contributed by atoms with Gasteiger partial charge in [-0.1, -0.05) is 30.3 Å². The van der Waals surface area contributed by atoms with E-state index in [0.29, 0.717) is 0 Å². The molecule has 0 spiro atoms. The van der Waals surface area contributed by atoms with Crippen LogP contribution in [0.25, 0.3) is 16.9 Å². The second kappa shape index (κ2) is 4.72. The average molecular weight is 289 g/mol. The first-order valence-electron chi connectivity index (χ1n) is 5.34. The summed E-state index contributed by atoms with van der Waals surface area (Å²) in [5.41, 5.74) is 4.41. The number of pyridine rings is 1. The highest BCUT2D eigenvalue weighted by atomic mass is 79.9. The van der Waals surface area contributed by atoms with Gasteiger partial charge in [0.15, 0.2) is 0 Å². The van der Waals surface area contributed by atoms with E-state index < -0.39 is 0 Å². The van der Waals surface area contributed by atoms with Crippen molar-refractivity contribution in [3.63, 3.8) is 0 Å². The predicted molar refractivity (Wildman–Crippen MR) is 75.7 cm³/mol. The van der Waals surface area contributed by atoms with Gasteiger partial charge in [0.2, 0.25) is 0 Å². The van der Waals surface area contributed by atoms with Gasteiger partial charge in [-0.3, -0.25) is 0 Å². The Morgan fingerprint density at radius 1 is 1.06 bits per heavy atom. The van der Waals surface area contributed by atoms with Gasteiger partial charge in [0.1, 0.15) is 5.65 Å². The molecule has 0 saturated heterocycles. The van der Waals surface area contributed by atoms with Gasteiger partial charge < -0.3 is 4.40 Å². The summed E-state index contributed by atoms with van der Waals surface area (Å²) >= 11 is 0. The molecule has 1 aromatic carbocycles. The smallest absolute Gasteiger partial charge is 0.137 e. The molecule has 3 rings (SSSR count). The minimum Gasteiger partial charge on any atom is -0.306 e. The number of aromatic nitrogens is 2. The van der Waals surface area contributed by atoms with E-state index in [0.717, 1.165) is 16.9 Å². The van der Waals surface area contributed by atoms with Crippen LogP contribution in [0.3, 0.4) is 0 Å². The van der Waals surface area contributed by atoms with Crippen molar-refractivity contribution in [2.24, 2.45) is 0 Å². The summed E-state index contributed by atoms with van der Waals surface area (Å²) in [5, 5.41) is 0. The normalized spacial score (nSPS) is 10.2. The molecule has 3 heteroatoms. The molecule has 0 amide bonds. The van der Waals surface area contributed by atoms with E-state index in [1.165, 1.54) is 5.56 Å². The van der Waals surface area contributed by atoms with Crippen LogP contribution >= 0.6 is 17.0 Å². The molecule has 0 aliphatic carbocycles. The van der Waals surface area contributed by atoms with Gasteiger partial charge in [0.05, 0.1) is 5.69 Å². The van der Waals surface area contributed by atoms with Crippen LogP contribution in [-0.2, 0) is 0 Å². The maximum absolute atomic E-state index is 4.61. The van der Waals surface area contributed by atoms with E-state index >= 15 is 0 Å². The quantitative estimate of drug-likeness (QED) is 0.664. The summed E-state index contributed by atoms with van der Waals surface area (Å²) in [5.74, 6) is 0. The summed E-state index contributed by atoms with van der Waals surface area (Å²) in [6.45, 7) is 2.08. The monoisotopic (exact) mass is 288 g/mol. The Balaban J connectivity index is 0.00000108. The Morgan fingerprint density at radius 3 is 2.59 bits per heavy atom. The largest absolute Gasteiger partial charge is 0.306 e. The maximum Gasteiger partial charge on any atom is 0.137 e. The van der Waals surface area contributed by atoms with Gasteiger partial charge in [-0.2, -0.15) is 0 Å². The molecule has 0 bridgehead atoms. The standard InChI is InChI=1S/C14H12N2.BrH/c1-11-7-8-16-10-13(15-14(16)9-11)12-5-3-2-4-6-12;/h2-10H,1H3;1H. The van der Waals surface area contributed by atoms with E-state index in [1.807, 2.05) is 24.4 Å². The number of fused-ring (bicyclic) bond motifs is 1. The van der Waals surface area contributed by atoms with Crippen LogP contribution in [0.1, 0.15) is 5.56 Å². The second-order valence-electron chi connectivity index (χ2n) is 3.96. The first-order chi connectivity index (χ1) is 7.83. The first-order valence-corrected chi connectivity index (χ1v) is 5.34. The van der Waals surface area contributed by atoms with Crippen LogP contribution in [-0.4, -0.2) is 9.38 Å². The molecule has 0 atom stereocenters. The Kier molecular flexibility index (Phi) is 3.29. The van der Waals surface area contributed by atoms with Crippen molar-refractivity contribution in [2.75, 3.05) is 0 Å². The van der Waals surface area contributed by atoms with Crippen LogP contribution in [0, 0.1) is 6.92 Å². The SMILES string of the molecule is Br.Cc1ccn2cc(-c3ccccc3)nc2c1. The van der Waals surface area contributed by atoms with Gasteiger partial charge in [-0.05, 0) is 24.6 Å². The topological polar surface area (TPSA) is 17.3 Å². The molecule has 2 nitrogen and oxygen atoms in total. The zero-order valence-electron chi connectivity index (χ0n) is 9.50. The zero-order valence-corrected chi connectivity index (χ0v) is 11.2. The minimum absolute atomic E-state index is 0. The lowest BCUT2D eigenvalue weighted by Crippen LogP contribution is -1.81. The molecule has 86 valence electrons. The average Bonchev–Trinajstić information content (AvgIpc) is 2.73. The molecule has 0 unspecified atom stereocenters. The molecule has 0 aliphatic heterocycles. The molecule has 17 heavy (non-hydrogen) atoms. The third-order valence-electron chi connectivity index (χ3n) is 2.69. The van der Waals surface area contributed by atoms with Gasteiger partial charge >= 0.3 is 0 Å². The highest BCUT2D eigenvalue weighted by Crippen LogP contribution is 2.18. The number of halogens is 1. The molecule has 0 fully saturated rings. The van der Waals surface area contributed by atoms with Crippen molar-refractivity contribution in [3.05, 3.63) is 60.4 Å². The lowest BCUT2D eigenvalue weighted by molar-refractivity contribution is 1.17. The Hall–Kier alpha value is -1.61. The van der Waals surface area contributed by atoms with Crippen molar-refractivity contribution < 1.29 is 0 Å². The molecule has 0 N–H and O–H groups in total. The third kappa shape index (κ3) is 2.24. The van der Waals surface area contributed by atoms with Crippen molar-refractivity contribution in [2.45, 2.75) is 6.92 Å². The summed E-state index contributed by atoms with van der Waals surface area (Å²) in [4.78, 5) is 4.61. The van der Waals surface area contributed by atoms with Crippen molar-refractivity contribution >= 4 is 22.6 Å². The van der Waals surface area contributed by atoms with E-state index in [1.54, 1.807) is 0 Å². The van der Waals surface area contributed by atoms with Gasteiger partial charge in [0.25, 0.3) is 0 Å². The molecule has 2 aromatic heterocycles. The fourth-order valence-corrected chi connectivity index (χ4v) is 1.83. The Bertz CT molecular complexity index is 629. The van der Waals surface area contributed by atoms with Crippen LogP contribution in [0.4, 0.5) is 0 Å². The summed E-state index contributed by atoms with van der Waals surface area (Å²) in [7, 11) is 0. The molecule has 0 aliphatic rings. The summed E-state index contributed by atoms with van der Waals surface area (Å²) in [6.07, 6.45) is 4.11. The highest BCUT2D eigenvalue weighted by Gasteiger charge is 2.02. The number of rotatable bonds is 1. The molecular weight excluding hydrogens is 276 g/mol. The highest BCUT2D eigenvalue weighted by molar-refractivity contribution is 8.93. The number of nitrogens with zero attached hydrogens (tertiary/aromatic N) is 2. The maximum atomic E-state index is 4.61. The summed E-state index contributed by atoms with van der Waals surface area (Å²) in [6, 6.07) is 14.4. The lowest BCUT2D eigenvalue weighted by Gasteiger charge is -1.92. The minimum atomic E-state index is 0. The second-order valence-corrected chi connectivity index (χ2v) is 3.96. The van der Waals surface area contributed by atoms with Gasteiger partial charge in [-0.25, -0.2) is 4.98 Å². The van der Waals surface area contributed by atoms with Crippen LogP contribution < -0.4 is 0 Å². The third-order valence-corrected chi connectivity index (χ3v) is 2.69. The number of imidazole rings is 1. The van der Waals surface area contributed by atoms with E-state index in [4.69, 9.17) is 0 Å². The van der Waals surface area contributed by atoms with E-state index in [9.17, 15) is 0 Å². The van der Waals surface area contributed by atoms with Crippen molar-refractivity contribution in [1.82, 2.24) is 9.38 Å². The lowest BCUT2D eigenvalue weighted by atomic mass is 10.2. The van der Waals surface area contributed by atoms with E-state index in [2.05, 4.69) is 46.8 Å². The number of aryl methyl sites for hydroxylation is 1. The number of benzene rings is 1. The van der Waals surface area contributed by atoms with E-state index in [-0.39, 0.29) is 17.0 Å². The molecule has 0 radical (unpaired) electrons. The number of hydrogen-bond donors (Lipinski definition) is 0. The van der Waals surface area contributed by atoms with Crippen LogP contribution in [0.2, 0.25) is 0 Å². The number of hydrogen-bond acceptors (Lipinski definition) is 1.